The molecule has 5 heteroatoms. The van der Waals surface area contributed by atoms with Gasteiger partial charge in [0.15, 0.2) is 0 Å². The molecule has 13 aromatic rings. The molecule has 5 nitrogen and oxygen atoms in total. The van der Waals surface area contributed by atoms with Crippen molar-refractivity contribution in [3.05, 3.63) is 230 Å². The van der Waals surface area contributed by atoms with E-state index in [1.165, 1.54) is 0 Å². The van der Waals surface area contributed by atoms with Gasteiger partial charge >= 0.3 is 0 Å². The van der Waals surface area contributed by atoms with Crippen molar-refractivity contribution in [1.29, 1.82) is 5.26 Å². The first-order valence-corrected chi connectivity index (χ1v) is 22.0. The number of aromatic nitrogens is 3. The van der Waals surface area contributed by atoms with E-state index in [4.69, 9.17) is 4.98 Å². The largest absolute Gasteiger partial charge is 0.317 e. The summed E-state index contributed by atoms with van der Waals surface area (Å²) in [5.41, 5.74) is 13.3. The molecule has 0 unspecified atom stereocenters. The first-order chi connectivity index (χ1) is 32.7. The summed E-state index contributed by atoms with van der Waals surface area (Å²) < 4.78 is 4.58. The van der Waals surface area contributed by atoms with Crippen molar-refractivity contribution >= 4 is 70.8 Å². The van der Waals surface area contributed by atoms with E-state index in [1.54, 1.807) is 0 Å². The Bertz CT molecular complexity index is 3970. The molecule has 66 heavy (non-hydrogen) atoms. The number of nitrogens with zero attached hydrogens (tertiary/aromatic N) is 5. The van der Waals surface area contributed by atoms with Crippen molar-refractivity contribution in [3.63, 3.8) is 0 Å². The first kappa shape index (κ1) is 37.3. The molecule has 0 aliphatic heterocycles. The van der Waals surface area contributed by atoms with E-state index in [-0.39, 0.29) is 0 Å². The van der Waals surface area contributed by atoms with Crippen molar-refractivity contribution in [2.24, 2.45) is 0 Å². The summed E-state index contributed by atoms with van der Waals surface area (Å²) in [5, 5.41) is 20.7. The fourth-order valence-corrected chi connectivity index (χ4v) is 10.6. The zero-order valence-corrected chi connectivity index (χ0v) is 35.4. The van der Waals surface area contributed by atoms with Crippen LogP contribution in [0, 0.1) is 17.9 Å². The van der Waals surface area contributed by atoms with Crippen molar-refractivity contribution in [3.8, 4) is 62.0 Å². The van der Waals surface area contributed by atoms with Crippen LogP contribution in [-0.4, -0.2) is 14.1 Å². The predicted molar refractivity (Wildman–Crippen MR) is 272 cm³/mol. The van der Waals surface area contributed by atoms with Gasteiger partial charge in [0.25, 0.3) is 0 Å². The fraction of sp³-hybridized carbons (Fsp3) is 0. The quantitative estimate of drug-likeness (QED) is 0.124. The maximum atomic E-state index is 11.9. The zero-order valence-electron chi connectivity index (χ0n) is 35.4. The minimum absolute atomic E-state index is 0.391. The molecule has 0 spiro atoms. The van der Waals surface area contributed by atoms with Gasteiger partial charge in [-0.25, -0.2) is 4.85 Å². The second kappa shape index (κ2) is 14.6. The molecule has 304 valence electrons. The van der Waals surface area contributed by atoms with Crippen LogP contribution in [0.2, 0.25) is 0 Å². The van der Waals surface area contributed by atoms with Crippen LogP contribution >= 0.6 is 0 Å². The summed E-state index contributed by atoms with van der Waals surface area (Å²) in [7, 11) is 0. The monoisotopic (exact) mass is 837 g/mol. The number of benzene rings is 10. The van der Waals surface area contributed by atoms with Crippen LogP contribution in [0.5, 0.6) is 0 Å². The lowest BCUT2D eigenvalue weighted by Crippen LogP contribution is -2.09. The first-order valence-electron chi connectivity index (χ1n) is 22.0. The molecule has 3 heterocycles. The van der Waals surface area contributed by atoms with Crippen LogP contribution in [-0.2, 0) is 0 Å². The highest BCUT2D eigenvalue weighted by Gasteiger charge is 2.32. The number of hydrogen-bond donors (Lipinski definition) is 0. The van der Waals surface area contributed by atoms with Gasteiger partial charge in [-0.15, -0.1) is 0 Å². The average molecular weight is 838 g/mol. The normalized spacial score (nSPS) is 11.6. The summed E-state index contributed by atoms with van der Waals surface area (Å²) in [4.78, 5) is 9.45. The van der Waals surface area contributed by atoms with Crippen molar-refractivity contribution in [2.75, 3.05) is 0 Å². The van der Waals surface area contributed by atoms with Gasteiger partial charge in [0.05, 0.1) is 51.8 Å². The van der Waals surface area contributed by atoms with Gasteiger partial charge in [-0.05, 0) is 67.7 Å². The van der Waals surface area contributed by atoms with Crippen molar-refractivity contribution < 1.29 is 0 Å². The van der Waals surface area contributed by atoms with Crippen LogP contribution < -0.4 is 0 Å². The van der Waals surface area contributed by atoms with E-state index >= 15 is 0 Å². The Kier molecular flexibility index (Phi) is 8.27. The maximum absolute atomic E-state index is 11.9. The smallest absolute Gasteiger partial charge is 0.220 e. The third-order valence-electron chi connectivity index (χ3n) is 13.4. The minimum Gasteiger partial charge on any atom is -0.317 e. The Balaban J connectivity index is 1.30. The zero-order chi connectivity index (χ0) is 43.9. The second-order valence-electron chi connectivity index (χ2n) is 16.8. The molecule has 0 amide bonds. The molecule has 3 aromatic heterocycles. The Hall–Kier alpha value is -9.29. The molecule has 0 saturated carbocycles. The van der Waals surface area contributed by atoms with E-state index < -0.39 is 0 Å². The minimum atomic E-state index is 0.391. The van der Waals surface area contributed by atoms with Crippen LogP contribution in [0.3, 0.4) is 0 Å². The molecule has 13 rings (SSSR count). The average Bonchev–Trinajstić information content (AvgIpc) is 3.90. The summed E-state index contributed by atoms with van der Waals surface area (Å²) in [6.45, 7) is 9.26. The lowest BCUT2D eigenvalue weighted by Gasteiger charge is -2.26. The van der Waals surface area contributed by atoms with E-state index in [9.17, 15) is 11.8 Å². The summed E-state index contributed by atoms with van der Waals surface area (Å²) in [6, 6.07) is 72.3. The summed E-state index contributed by atoms with van der Waals surface area (Å²) in [6.07, 6.45) is 3.92. The van der Waals surface area contributed by atoms with Gasteiger partial charge in [0.2, 0.25) is 5.69 Å². The number of hydrogen-bond acceptors (Lipinski definition) is 2. The van der Waals surface area contributed by atoms with Gasteiger partial charge in [0.1, 0.15) is 6.07 Å². The molecule has 0 fully saturated rings. The topological polar surface area (TPSA) is 50.9 Å². The number of rotatable bonds is 6. The highest BCUT2D eigenvalue weighted by atomic mass is 15.0. The number of pyridine rings is 1. The summed E-state index contributed by atoms with van der Waals surface area (Å²) >= 11 is 0. The summed E-state index contributed by atoms with van der Waals surface area (Å²) in [5.74, 6) is 0. The van der Waals surface area contributed by atoms with Gasteiger partial charge in [0, 0.05) is 44.3 Å². The SMILES string of the molecule is [C-]#[N+]c1c(-c2ccccc2)c(C#N)c(-n2c3cc(-c4ccccc4)ccc3c3ccc(-c4ccccc4)cc32)c(-c2ccccc2)c1-n1c2cccc3c4ccccc4c4cncc1c4c32. The molecule has 0 bridgehead atoms. The highest BCUT2D eigenvalue weighted by molar-refractivity contribution is 6.34. The lowest BCUT2D eigenvalue weighted by atomic mass is 9.88. The molecule has 0 radical (unpaired) electrons. The Labute approximate surface area is 380 Å². The fourth-order valence-electron chi connectivity index (χ4n) is 10.6. The van der Waals surface area contributed by atoms with Crippen LogP contribution in [0.15, 0.2) is 213 Å². The third-order valence-corrected chi connectivity index (χ3v) is 13.4. The highest BCUT2D eigenvalue weighted by Crippen LogP contribution is 2.53. The second-order valence-corrected chi connectivity index (χ2v) is 16.8. The van der Waals surface area contributed by atoms with Gasteiger partial charge in [-0.1, -0.05) is 182 Å². The van der Waals surface area contributed by atoms with Crippen LogP contribution in [0.4, 0.5) is 5.69 Å². The third kappa shape index (κ3) is 5.35. The molecular weight excluding hydrogens is 803 g/mol. The molecule has 10 aromatic carbocycles. The molecule has 0 saturated heterocycles. The van der Waals surface area contributed by atoms with E-state index in [0.29, 0.717) is 28.2 Å². The Morgan fingerprint density at radius 2 is 0.879 bits per heavy atom. The van der Waals surface area contributed by atoms with Gasteiger partial charge in [-0.3, -0.25) is 4.98 Å². The van der Waals surface area contributed by atoms with Crippen LogP contribution in [0.25, 0.3) is 126 Å². The molecule has 0 N–H and O–H groups in total. The molecular formula is C61H35N5. The number of nitriles is 1. The van der Waals surface area contributed by atoms with E-state index in [0.717, 1.165) is 104 Å². The molecule has 0 aliphatic rings. The Morgan fingerprint density at radius 1 is 0.394 bits per heavy atom. The standard InChI is InChI=1S/C61H35N5/c1-63-59-55(40-21-10-4-11-22-40)49(35-62)60(66-52-33-42(38-17-6-2-7-18-38)29-31-46(52)47-32-30-43(34-53(47)66)39-19-8-3-9-20-39)56(41-23-12-5-13-24-41)61(59)65-51-28-16-27-48-44-25-14-15-26-45(44)50-36-64-37-54(65)58(50)57(48)51/h2-34,36-37H. The molecule has 0 aliphatic carbocycles. The van der Waals surface area contributed by atoms with E-state index in [1.807, 2.05) is 73.1 Å². The molecule has 0 atom stereocenters. The van der Waals surface area contributed by atoms with Crippen molar-refractivity contribution in [2.45, 2.75) is 0 Å². The van der Waals surface area contributed by atoms with Gasteiger partial charge in [-0.2, -0.15) is 5.26 Å². The van der Waals surface area contributed by atoms with E-state index in [2.05, 4.69) is 160 Å². The maximum Gasteiger partial charge on any atom is 0.220 e. The lowest BCUT2D eigenvalue weighted by molar-refractivity contribution is 1.13. The Morgan fingerprint density at radius 3 is 1.44 bits per heavy atom. The number of fused-ring (bicyclic) bond motifs is 6. The van der Waals surface area contributed by atoms with Gasteiger partial charge < -0.3 is 9.13 Å². The predicted octanol–water partition coefficient (Wildman–Crippen LogP) is 16.1. The van der Waals surface area contributed by atoms with Crippen LogP contribution in [0.1, 0.15) is 5.56 Å². The van der Waals surface area contributed by atoms with Crippen molar-refractivity contribution in [1.82, 2.24) is 14.1 Å².